The molecule has 27 heavy (non-hydrogen) atoms. The van der Waals surface area contributed by atoms with Crippen molar-refractivity contribution >= 4 is 5.91 Å². The highest BCUT2D eigenvalue weighted by atomic mass is 16.5. The van der Waals surface area contributed by atoms with Crippen LogP contribution in [-0.2, 0) is 24.3 Å². The van der Waals surface area contributed by atoms with Gasteiger partial charge in [0.15, 0.2) is 0 Å². The molecule has 0 spiro atoms. The molecular weight excluding hydrogens is 342 g/mol. The van der Waals surface area contributed by atoms with Gasteiger partial charge in [0.1, 0.15) is 11.5 Å². The minimum absolute atomic E-state index is 0.0525. The highest BCUT2D eigenvalue weighted by Crippen LogP contribution is 2.33. The fourth-order valence-corrected chi connectivity index (χ4v) is 4.03. The fraction of sp³-hybridized carbons (Fsp3) is 0.650. The van der Waals surface area contributed by atoms with Gasteiger partial charge in [0.2, 0.25) is 5.91 Å². The van der Waals surface area contributed by atoms with Crippen LogP contribution >= 0.6 is 0 Å². The predicted molar refractivity (Wildman–Crippen MR) is 101 cm³/mol. The highest BCUT2D eigenvalue weighted by molar-refractivity contribution is 5.77. The molecule has 7 heteroatoms. The molecule has 1 atom stereocenters. The molecule has 1 saturated heterocycles. The van der Waals surface area contributed by atoms with E-state index in [1.54, 1.807) is 0 Å². The van der Waals surface area contributed by atoms with Gasteiger partial charge in [-0.2, -0.15) is 5.10 Å². The predicted octanol–water partition coefficient (Wildman–Crippen LogP) is 2.78. The summed E-state index contributed by atoms with van der Waals surface area (Å²) in [6.45, 7) is 7.83. The van der Waals surface area contributed by atoms with E-state index in [2.05, 4.69) is 40.2 Å². The van der Waals surface area contributed by atoms with E-state index in [1.807, 2.05) is 11.0 Å². The van der Waals surface area contributed by atoms with Crippen molar-refractivity contribution in [3.05, 3.63) is 35.0 Å². The molecule has 0 bridgehead atoms. The van der Waals surface area contributed by atoms with E-state index >= 15 is 0 Å². The van der Waals surface area contributed by atoms with Crippen molar-refractivity contribution in [3.8, 4) is 0 Å². The zero-order valence-electron chi connectivity index (χ0n) is 16.3. The molecule has 7 nitrogen and oxygen atoms in total. The number of fused-ring (bicyclic) bond motifs is 1. The van der Waals surface area contributed by atoms with Crippen molar-refractivity contribution in [3.63, 3.8) is 0 Å². The number of hydrogen-bond acceptors (Lipinski definition) is 5. The molecule has 1 N–H and O–H groups in total. The van der Waals surface area contributed by atoms with E-state index in [1.165, 1.54) is 5.69 Å². The summed E-state index contributed by atoms with van der Waals surface area (Å²) in [6, 6.07) is 4.21. The van der Waals surface area contributed by atoms with Gasteiger partial charge in [-0.05, 0) is 31.9 Å². The topological polar surface area (TPSA) is 76.2 Å². The van der Waals surface area contributed by atoms with E-state index in [-0.39, 0.29) is 11.9 Å². The van der Waals surface area contributed by atoms with Gasteiger partial charge in [0.05, 0.1) is 17.4 Å². The summed E-state index contributed by atoms with van der Waals surface area (Å²) in [6.07, 6.45) is 4.26. The van der Waals surface area contributed by atoms with Crippen LogP contribution in [0.2, 0.25) is 0 Å². The molecule has 146 valence electrons. The highest BCUT2D eigenvalue weighted by Gasteiger charge is 2.32. The van der Waals surface area contributed by atoms with Crippen molar-refractivity contribution in [2.24, 2.45) is 0 Å². The fourth-order valence-electron chi connectivity index (χ4n) is 4.03. The van der Waals surface area contributed by atoms with Gasteiger partial charge < -0.3 is 14.7 Å². The Hall–Kier alpha value is -2.15. The van der Waals surface area contributed by atoms with Crippen LogP contribution in [0.4, 0.5) is 0 Å². The first kappa shape index (κ1) is 18.2. The third-order valence-electron chi connectivity index (χ3n) is 5.57. The number of aromatic nitrogens is 3. The first-order chi connectivity index (χ1) is 13.1. The second-order valence-electron chi connectivity index (χ2n) is 7.93. The van der Waals surface area contributed by atoms with Crippen LogP contribution in [0.15, 0.2) is 16.7 Å². The number of hydrogen-bond donors (Lipinski definition) is 1. The second kappa shape index (κ2) is 7.84. The third-order valence-corrected chi connectivity index (χ3v) is 5.57. The maximum Gasteiger partial charge on any atom is 0.223 e. The van der Waals surface area contributed by atoms with E-state index < -0.39 is 0 Å². The zero-order valence-corrected chi connectivity index (χ0v) is 16.3. The lowest BCUT2D eigenvalue weighted by Crippen LogP contribution is -2.30. The third kappa shape index (κ3) is 3.93. The number of carbonyl (C=O) groups is 1. The molecule has 2 aliphatic rings. The largest absolute Gasteiger partial charge is 0.361 e. The number of carbonyl (C=O) groups excluding carboxylic acids is 1. The van der Waals surface area contributed by atoms with Crippen LogP contribution in [0.25, 0.3) is 0 Å². The summed E-state index contributed by atoms with van der Waals surface area (Å²) in [7, 11) is 0. The Morgan fingerprint density at radius 1 is 1.33 bits per heavy atom. The molecule has 4 heterocycles. The molecule has 2 aromatic heterocycles. The molecule has 0 radical (unpaired) electrons. The van der Waals surface area contributed by atoms with Crippen molar-refractivity contribution in [2.75, 3.05) is 13.1 Å². The van der Waals surface area contributed by atoms with Gasteiger partial charge in [-0.3, -0.25) is 9.48 Å². The summed E-state index contributed by atoms with van der Waals surface area (Å²) < 4.78 is 7.53. The number of nitrogens with zero attached hydrogens (tertiary/aromatic N) is 4. The van der Waals surface area contributed by atoms with Gasteiger partial charge in [-0.1, -0.05) is 19.0 Å². The average Bonchev–Trinajstić information content (AvgIpc) is 3.36. The number of amides is 1. The molecular formula is C20H29N5O2. The molecule has 1 amide bonds. The van der Waals surface area contributed by atoms with Crippen molar-refractivity contribution in [1.82, 2.24) is 25.2 Å². The Morgan fingerprint density at radius 3 is 3.04 bits per heavy atom. The monoisotopic (exact) mass is 371 g/mol. The SMILES string of the molecule is CC(C)c1cc([C@@H]2CCCN2C(=O)CCc2cc3n(n2)CCCNC3)no1. The van der Waals surface area contributed by atoms with Crippen LogP contribution in [0.5, 0.6) is 0 Å². The number of aryl methyl sites for hydroxylation is 2. The van der Waals surface area contributed by atoms with Gasteiger partial charge in [0, 0.05) is 44.5 Å². The smallest absolute Gasteiger partial charge is 0.223 e. The van der Waals surface area contributed by atoms with Crippen LogP contribution in [0.1, 0.15) is 74.3 Å². The van der Waals surface area contributed by atoms with Crippen molar-refractivity contribution in [1.29, 1.82) is 0 Å². The first-order valence-corrected chi connectivity index (χ1v) is 10.1. The Balaban J connectivity index is 1.38. The molecule has 4 rings (SSSR count). The first-order valence-electron chi connectivity index (χ1n) is 10.1. The summed E-state index contributed by atoms with van der Waals surface area (Å²) in [5.41, 5.74) is 3.13. The van der Waals surface area contributed by atoms with Gasteiger partial charge in [0.25, 0.3) is 0 Å². The maximum absolute atomic E-state index is 12.9. The zero-order chi connectivity index (χ0) is 18.8. The molecule has 0 aliphatic carbocycles. The van der Waals surface area contributed by atoms with E-state index in [9.17, 15) is 4.79 Å². The Kier molecular flexibility index (Phi) is 5.29. The lowest BCUT2D eigenvalue weighted by atomic mass is 10.1. The standard InChI is InChI=1S/C20H29N5O2/c1-14(2)19-12-17(23-27-19)18-5-3-9-24(18)20(26)7-6-15-11-16-13-21-8-4-10-25(16)22-15/h11-12,14,18,21H,3-10,13H2,1-2H3/t18-/m0/s1. The molecule has 0 saturated carbocycles. The van der Waals surface area contributed by atoms with Crippen LogP contribution in [-0.4, -0.2) is 38.8 Å². The van der Waals surface area contributed by atoms with Crippen LogP contribution < -0.4 is 5.32 Å². The average molecular weight is 371 g/mol. The van der Waals surface area contributed by atoms with Gasteiger partial charge in [-0.25, -0.2) is 0 Å². The lowest BCUT2D eigenvalue weighted by molar-refractivity contribution is -0.132. The second-order valence-corrected chi connectivity index (χ2v) is 7.93. The minimum Gasteiger partial charge on any atom is -0.361 e. The van der Waals surface area contributed by atoms with E-state index in [0.717, 1.165) is 62.6 Å². The quantitative estimate of drug-likeness (QED) is 0.875. The Labute approximate surface area is 160 Å². The van der Waals surface area contributed by atoms with Crippen molar-refractivity contribution < 1.29 is 9.32 Å². The lowest BCUT2D eigenvalue weighted by Gasteiger charge is -2.22. The van der Waals surface area contributed by atoms with E-state index in [4.69, 9.17) is 4.52 Å². The van der Waals surface area contributed by atoms with Crippen LogP contribution in [0.3, 0.4) is 0 Å². The number of nitrogens with one attached hydrogen (secondary N) is 1. The van der Waals surface area contributed by atoms with Gasteiger partial charge in [-0.15, -0.1) is 0 Å². The summed E-state index contributed by atoms with van der Waals surface area (Å²) in [5.74, 6) is 1.38. The Morgan fingerprint density at radius 2 is 2.22 bits per heavy atom. The molecule has 1 fully saturated rings. The summed E-state index contributed by atoms with van der Waals surface area (Å²) in [4.78, 5) is 14.8. The van der Waals surface area contributed by atoms with E-state index in [0.29, 0.717) is 18.8 Å². The maximum atomic E-state index is 12.9. The number of rotatable bonds is 5. The summed E-state index contributed by atoms with van der Waals surface area (Å²) >= 11 is 0. The normalized spacial score (nSPS) is 20.1. The molecule has 0 unspecified atom stereocenters. The number of likely N-dealkylation sites (tertiary alicyclic amines) is 1. The summed E-state index contributed by atoms with van der Waals surface area (Å²) in [5, 5.41) is 12.3. The molecule has 0 aromatic carbocycles. The Bertz CT molecular complexity index is 771. The van der Waals surface area contributed by atoms with Crippen LogP contribution in [0, 0.1) is 0 Å². The van der Waals surface area contributed by atoms with Crippen molar-refractivity contribution in [2.45, 2.75) is 71.0 Å². The molecule has 2 aliphatic heterocycles. The minimum atomic E-state index is 0.0525. The van der Waals surface area contributed by atoms with Gasteiger partial charge >= 0.3 is 0 Å². The molecule has 2 aromatic rings.